The molecule has 1 N–H and O–H groups in total. The van der Waals surface area contributed by atoms with E-state index in [0.717, 1.165) is 30.8 Å². The summed E-state index contributed by atoms with van der Waals surface area (Å²) in [5.74, 6) is 1.33. The molecule has 0 aliphatic rings. The smallest absolute Gasteiger partial charge is 0.252 e. The Morgan fingerprint density at radius 1 is 1.09 bits per heavy atom. The highest BCUT2D eigenvalue weighted by Gasteiger charge is 2.06. The van der Waals surface area contributed by atoms with E-state index in [9.17, 15) is 4.79 Å². The number of H-pyrrole nitrogens is 1. The van der Waals surface area contributed by atoms with E-state index in [1.54, 1.807) is 6.07 Å². The monoisotopic (exact) mass is 312 g/mol. The standard InChI is InChI=1S/C9H12N4O.C9H12/c1-3-4-7-5-8(14)10-9-12-11-6(2)13(7)9;1-3-9-6-4-8(2)5-7-9/h5H,3-4H2,1-2H3,(H,10,12,14);4-7H,3H2,1-2H3. The van der Waals surface area contributed by atoms with Gasteiger partial charge in [0.1, 0.15) is 5.82 Å². The van der Waals surface area contributed by atoms with Crippen LogP contribution in [0.25, 0.3) is 5.78 Å². The molecule has 0 unspecified atom stereocenters. The summed E-state index contributed by atoms with van der Waals surface area (Å²) >= 11 is 0. The van der Waals surface area contributed by atoms with Gasteiger partial charge in [0, 0.05) is 11.8 Å². The van der Waals surface area contributed by atoms with Crippen LogP contribution in [0.5, 0.6) is 0 Å². The van der Waals surface area contributed by atoms with Crippen molar-refractivity contribution >= 4 is 5.78 Å². The van der Waals surface area contributed by atoms with Crippen LogP contribution < -0.4 is 5.56 Å². The summed E-state index contributed by atoms with van der Waals surface area (Å²) in [6, 6.07) is 10.3. The third-order valence-electron chi connectivity index (χ3n) is 3.68. The van der Waals surface area contributed by atoms with E-state index in [2.05, 4.69) is 60.2 Å². The fraction of sp³-hybridized carbons (Fsp3) is 0.389. The topological polar surface area (TPSA) is 63.0 Å². The number of nitrogens with one attached hydrogen (secondary N) is 1. The Balaban J connectivity index is 0.000000185. The molecule has 23 heavy (non-hydrogen) atoms. The normalized spacial score (nSPS) is 10.4. The van der Waals surface area contributed by atoms with Crippen LogP contribution in [0, 0.1) is 13.8 Å². The Labute approximate surface area is 136 Å². The zero-order valence-electron chi connectivity index (χ0n) is 14.3. The van der Waals surface area contributed by atoms with Gasteiger partial charge >= 0.3 is 0 Å². The second kappa shape index (κ2) is 7.72. The number of hydrogen-bond acceptors (Lipinski definition) is 3. The molecule has 0 atom stereocenters. The van der Waals surface area contributed by atoms with Crippen LogP contribution in [0.15, 0.2) is 35.1 Å². The molecule has 122 valence electrons. The second-order valence-electron chi connectivity index (χ2n) is 5.62. The fourth-order valence-electron chi connectivity index (χ4n) is 2.41. The third-order valence-corrected chi connectivity index (χ3v) is 3.68. The van der Waals surface area contributed by atoms with Crippen LogP contribution in [-0.2, 0) is 12.8 Å². The minimum atomic E-state index is -0.117. The van der Waals surface area contributed by atoms with E-state index in [0.29, 0.717) is 5.78 Å². The first-order valence-electron chi connectivity index (χ1n) is 8.04. The lowest BCUT2D eigenvalue weighted by atomic mass is 10.1. The molecular weight excluding hydrogens is 288 g/mol. The second-order valence-corrected chi connectivity index (χ2v) is 5.62. The lowest BCUT2D eigenvalue weighted by Gasteiger charge is -2.02. The molecule has 0 aliphatic heterocycles. The molecule has 0 bridgehead atoms. The highest BCUT2D eigenvalue weighted by Crippen LogP contribution is 2.05. The molecule has 5 nitrogen and oxygen atoms in total. The molecule has 3 rings (SSSR count). The number of aromatic amines is 1. The lowest BCUT2D eigenvalue weighted by Crippen LogP contribution is -2.12. The number of fused-ring (bicyclic) bond motifs is 1. The molecule has 0 spiro atoms. The maximum absolute atomic E-state index is 11.3. The molecule has 1 aromatic carbocycles. The van der Waals surface area contributed by atoms with Gasteiger partial charge in [-0.15, -0.1) is 10.2 Å². The molecule has 5 heteroatoms. The van der Waals surface area contributed by atoms with E-state index in [1.165, 1.54) is 11.1 Å². The Morgan fingerprint density at radius 2 is 1.78 bits per heavy atom. The van der Waals surface area contributed by atoms with Gasteiger partial charge in [-0.3, -0.25) is 14.2 Å². The van der Waals surface area contributed by atoms with Crippen LogP contribution in [-0.4, -0.2) is 19.6 Å². The van der Waals surface area contributed by atoms with Gasteiger partial charge in [0.2, 0.25) is 5.78 Å². The van der Waals surface area contributed by atoms with Crippen molar-refractivity contribution in [3.8, 4) is 0 Å². The molecular formula is C18H24N4O. The van der Waals surface area contributed by atoms with Crippen molar-refractivity contribution in [3.05, 3.63) is 63.3 Å². The van der Waals surface area contributed by atoms with Crippen LogP contribution in [0.3, 0.4) is 0 Å². The molecule has 0 saturated heterocycles. The van der Waals surface area contributed by atoms with Gasteiger partial charge in [0.05, 0.1) is 0 Å². The van der Waals surface area contributed by atoms with Crippen molar-refractivity contribution in [2.45, 2.75) is 47.0 Å². The minimum Gasteiger partial charge on any atom is -0.291 e. The molecule has 2 aromatic heterocycles. The predicted molar refractivity (Wildman–Crippen MR) is 92.9 cm³/mol. The number of nitrogens with zero attached hydrogens (tertiary/aromatic N) is 3. The van der Waals surface area contributed by atoms with E-state index in [-0.39, 0.29) is 5.56 Å². The first-order valence-corrected chi connectivity index (χ1v) is 8.04. The molecule has 0 fully saturated rings. The number of aromatic nitrogens is 4. The van der Waals surface area contributed by atoms with Crippen molar-refractivity contribution in [1.29, 1.82) is 0 Å². The van der Waals surface area contributed by atoms with E-state index < -0.39 is 0 Å². The van der Waals surface area contributed by atoms with Gasteiger partial charge in [-0.25, -0.2) is 0 Å². The van der Waals surface area contributed by atoms with Gasteiger partial charge in [-0.2, -0.15) is 0 Å². The molecule has 0 aliphatic carbocycles. The van der Waals surface area contributed by atoms with Gasteiger partial charge in [0.25, 0.3) is 5.56 Å². The first kappa shape index (κ1) is 16.9. The summed E-state index contributed by atoms with van der Waals surface area (Å²) < 4.78 is 1.88. The molecule has 0 amide bonds. The van der Waals surface area contributed by atoms with Gasteiger partial charge in [0.15, 0.2) is 0 Å². The summed E-state index contributed by atoms with van der Waals surface area (Å²) in [5.41, 5.74) is 3.61. The zero-order valence-corrected chi connectivity index (χ0v) is 14.3. The summed E-state index contributed by atoms with van der Waals surface area (Å²) in [5, 5.41) is 7.80. The van der Waals surface area contributed by atoms with Crippen molar-refractivity contribution in [2.75, 3.05) is 0 Å². The van der Waals surface area contributed by atoms with Crippen molar-refractivity contribution in [3.63, 3.8) is 0 Å². The van der Waals surface area contributed by atoms with Crippen LogP contribution in [0.4, 0.5) is 0 Å². The van der Waals surface area contributed by atoms with Gasteiger partial charge in [-0.05, 0) is 32.3 Å². The Kier molecular flexibility index (Phi) is 5.68. The molecule has 0 radical (unpaired) electrons. The fourth-order valence-corrected chi connectivity index (χ4v) is 2.41. The van der Waals surface area contributed by atoms with E-state index in [1.807, 2.05) is 11.3 Å². The lowest BCUT2D eigenvalue weighted by molar-refractivity contribution is 0.830. The number of rotatable bonds is 3. The minimum absolute atomic E-state index is 0.117. The average molecular weight is 312 g/mol. The largest absolute Gasteiger partial charge is 0.291 e. The van der Waals surface area contributed by atoms with Crippen LogP contribution in [0.2, 0.25) is 0 Å². The first-order chi connectivity index (χ1) is 11.0. The Bertz CT molecular complexity index is 815. The maximum atomic E-state index is 11.3. The summed E-state index contributed by atoms with van der Waals surface area (Å²) in [6.45, 7) is 8.23. The quantitative estimate of drug-likeness (QED) is 0.807. The van der Waals surface area contributed by atoms with Gasteiger partial charge in [-0.1, -0.05) is 50.1 Å². The number of aryl methyl sites for hydroxylation is 4. The highest BCUT2D eigenvalue weighted by atomic mass is 16.1. The van der Waals surface area contributed by atoms with Crippen molar-refractivity contribution in [1.82, 2.24) is 19.6 Å². The van der Waals surface area contributed by atoms with Crippen molar-refractivity contribution < 1.29 is 0 Å². The zero-order chi connectivity index (χ0) is 16.8. The van der Waals surface area contributed by atoms with Crippen molar-refractivity contribution in [2.24, 2.45) is 0 Å². The highest BCUT2D eigenvalue weighted by molar-refractivity contribution is 5.30. The summed E-state index contributed by atoms with van der Waals surface area (Å²) in [7, 11) is 0. The summed E-state index contributed by atoms with van der Waals surface area (Å²) in [4.78, 5) is 13.9. The Hall–Kier alpha value is -2.43. The number of hydrogen-bond donors (Lipinski definition) is 1. The van der Waals surface area contributed by atoms with Gasteiger partial charge < -0.3 is 0 Å². The summed E-state index contributed by atoms with van der Waals surface area (Å²) in [6.07, 6.45) is 3.00. The average Bonchev–Trinajstić information content (AvgIpc) is 2.90. The van der Waals surface area contributed by atoms with Crippen LogP contribution in [0.1, 0.15) is 42.9 Å². The SMILES string of the molecule is CCCc1cc(=O)[nH]c2nnc(C)n12.CCc1ccc(C)cc1. The van der Waals surface area contributed by atoms with E-state index in [4.69, 9.17) is 0 Å². The van der Waals surface area contributed by atoms with Crippen LogP contribution >= 0.6 is 0 Å². The maximum Gasteiger partial charge on any atom is 0.252 e. The molecule has 0 saturated carbocycles. The third kappa shape index (κ3) is 4.28. The molecule has 3 aromatic rings. The van der Waals surface area contributed by atoms with E-state index >= 15 is 0 Å². The molecule has 2 heterocycles. The Morgan fingerprint density at radius 3 is 2.39 bits per heavy atom. The predicted octanol–water partition coefficient (Wildman–Crippen LogP) is 3.24. The number of benzene rings is 1.